The molecule has 0 radical (unpaired) electrons. The summed E-state index contributed by atoms with van der Waals surface area (Å²) in [5.74, 6) is 0. The van der Waals surface area contributed by atoms with Crippen molar-refractivity contribution >= 4 is 28.3 Å². The van der Waals surface area contributed by atoms with E-state index in [4.69, 9.17) is 12.2 Å². The van der Waals surface area contributed by atoms with Crippen molar-refractivity contribution in [3.05, 3.63) is 0 Å². The summed E-state index contributed by atoms with van der Waals surface area (Å²) >= 11 is 6.72. The average Bonchev–Trinajstić information content (AvgIpc) is 2.34. The molecule has 5 heteroatoms. The molecule has 0 amide bonds. The molecule has 0 spiro atoms. The van der Waals surface area contributed by atoms with Crippen LogP contribution in [-0.2, 0) is 0 Å². The Kier molecular flexibility index (Phi) is 7.43. The Bertz CT molecular complexity index is 226. The number of nitrogens with zero attached hydrogens (tertiary/aromatic N) is 2. The number of hydrogen-bond acceptors (Lipinski definition) is 4. The Morgan fingerprint density at radius 3 is 2.47 bits per heavy atom. The van der Waals surface area contributed by atoms with E-state index in [-0.39, 0.29) is 0 Å². The van der Waals surface area contributed by atoms with Crippen LogP contribution in [0.15, 0.2) is 0 Å². The van der Waals surface area contributed by atoms with Crippen molar-refractivity contribution < 1.29 is 0 Å². The summed E-state index contributed by atoms with van der Waals surface area (Å²) in [6.45, 7) is 11.6. The lowest BCUT2D eigenvalue weighted by molar-refractivity contribution is 0.108. The Hall–Kier alpha value is 0.160. The third kappa shape index (κ3) is 6.04. The highest BCUT2D eigenvalue weighted by Crippen LogP contribution is 2.05. The fourth-order valence-electron chi connectivity index (χ4n) is 2.07. The lowest BCUT2D eigenvalue weighted by Gasteiger charge is -2.36. The van der Waals surface area contributed by atoms with Gasteiger partial charge in [-0.3, -0.25) is 4.90 Å². The van der Waals surface area contributed by atoms with Gasteiger partial charge in [-0.1, -0.05) is 12.2 Å². The Morgan fingerprint density at radius 2 is 1.94 bits per heavy atom. The summed E-state index contributed by atoms with van der Waals surface area (Å²) in [7, 11) is 0. The zero-order chi connectivity index (χ0) is 12.7. The Morgan fingerprint density at radius 1 is 1.29 bits per heavy atom. The van der Waals surface area contributed by atoms with Gasteiger partial charge in [0.25, 0.3) is 0 Å². The van der Waals surface area contributed by atoms with Crippen LogP contribution in [0.5, 0.6) is 0 Å². The van der Waals surface area contributed by atoms with Gasteiger partial charge in [0.15, 0.2) is 0 Å². The van der Waals surface area contributed by atoms with Gasteiger partial charge in [0.2, 0.25) is 0 Å². The van der Waals surface area contributed by atoms with Crippen molar-refractivity contribution in [1.29, 1.82) is 0 Å². The molecule has 100 valence electrons. The smallest absolute Gasteiger partial charge is 0.133 e. The van der Waals surface area contributed by atoms with Gasteiger partial charge in [-0.2, -0.15) is 0 Å². The summed E-state index contributed by atoms with van der Waals surface area (Å²) < 4.78 is 0.912. The zero-order valence-corrected chi connectivity index (χ0v) is 12.9. The van der Waals surface area contributed by atoms with Crippen LogP contribution in [0.25, 0.3) is 0 Å². The molecule has 1 aliphatic rings. The van der Waals surface area contributed by atoms with E-state index in [2.05, 4.69) is 29.0 Å². The van der Waals surface area contributed by atoms with Crippen molar-refractivity contribution in [1.82, 2.24) is 15.1 Å². The molecule has 0 aliphatic carbocycles. The molecule has 3 nitrogen and oxygen atoms in total. The predicted molar refractivity (Wildman–Crippen MR) is 81.9 cm³/mol. The molecular weight excluding hydrogens is 250 g/mol. The van der Waals surface area contributed by atoms with Crippen LogP contribution >= 0.6 is 24.0 Å². The lowest BCUT2D eigenvalue weighted by atomic mass is 10.2. The van der Waals surface area contributed by atoms with Crippen LogP contribution in [-0.4, -0.2) is 65.7 Å². The SMILES string of the molecule is CSC(=S)NCCCN1CCN(C(C)C)CC1. The highest BCUT2D eigenvalue weighted by Gasteiger charge is 2.17. The predicted octanol–water partition coefficient (Wildman–Crippen LogP) is 1.64. The van der Waals surface area contributed by atoms with Crippen molar-refractivity contribution in [2.24, 2.45) is 0 Å². The van der Waals surface area contributed by atoms with Crippen LogP contribution in [0.1, 0.15) is 20.3 Å². The van der Waals surface area contributed by atoms with Gasteiger partial charge in [-0.25, -0.2) is 0 Å². The molecule has 1 saturated heterocycles. The molecular formula is C12H25N3S2. The Balaban J connectivity index is 2.04. The summed E-state index contributed by atoms with van der Waals surface area (Å²) in [4.78, 5) is 5.11. The highest BCUT2D eigenvalue weighted by molar-refractivity contribution is 8.22. The van der Waals surface area contributed by atoms with E-state index in [0.29, 0.717) is 6.04 Å². The van der Waals surface area contributed by atoms with Crippen LogP contribution < -0.4 is 5.32 Å². The van der Waals surface area contributed by atoms with Crippen LogP contribution in [0.2, 0.25) is 0 Å². The van der Waals surface area contributed by atoms with Gasteiger partial charge >= 0.3 is 0 Å². The maximum Gasteiger partial charge on any atom is 0.133 e. The second-order valence-corrected chi connectivity index (χ2v) is 6.23. The summed E-state index contributed by atoms with van der Waals surface area (Å²) in [6.07, 6.45) is 3.20. The Labute approximate surface area is 115 Å². The molecule has 0 atom stereocenters. The molecule has 0 aromatic carbocycles. The lowest BCUT2D eigenvalue weighted by Crippen LogP contribution is -2.49. The van der Waals surface area contributed by atoms with Crippen LogP contribution in [0.4, 0.5) is 0 Å². The minimum absolute atomic E-state index is 0.692. The number of hydrogen-bond donors (Lipinski definition) is 1. The molecule has 1 heterocycles. The highest BCUT2D eigenvalue weighted by atomic mass is 32.2. The van der Waals surface area contributed by atoms with E-state index in [0.717, 1.165) is 10.9 Å². The number of thiocarbonyl (C=S) groups is 1. The van der Waals surface area contributed by atoms with Gasteiger partial charge in [0.1, 0.15) is 4.32 Å². The van der Waals surface area contributed by atoms with Gasteiger partial charge in [0.05, 0.1) is 0 Å². The fourth-order valence-corrected chi connectivity index (χ4v) is 2.42. The third-order valence-electron chi connectivity index (χ3n) is 3.24. The standard InChI is InChI=1S/C12H25N3S2/c1-11(2)15-9-7-14(8-10-15)6-4-5-13-12(16)17-3/h11H,4-10H2,1-3H3,(H,13,16). The first kappa shape index (κ1) is 15.2. The van der Waals surface area contributed by atoms with E-state index in [1.54, 1.807) is 11.8 Å². The molecule has 1 N–H and O–H groups in total. The summed E-state index contributed by atoms with van der Waals surface area (Å²) in [5.41, 5.74) is 0. The minimum atomic E-state index is 0.692. The first-order valence-electron chi connectivity index (χ1n) is 6.41. The number of thioether (sulfide) groups is 1. The maximum absolute atomic E-state index is 5.10. The van der Waals surface area contributed by atoms with Crippen molar-refractivity contribution in [3.63, 3.8) is 0 Å². The number of piperazine rings is 1. The van der Waals surface area contributed by atoms with Gasteiger partial charge in [-0.05, 0) is 33.1 Å². The van der Waals surface area contributed by atoms with E-state index in [1.165, 1.54) is 39.1 Å². The molecule has 1 rings (SSSR count). The second-order valence-electron chi connectivity index (χ2n) is 4.74. The minimum Gasteiger partial charge on any atom is -0.371 e. The van der Waals surface area contributed by atoms with Gasteiger partial charge in [0, 0.05) is 38.8 Å². The first-order valence-corrected chi connectivity index (χ1v) is 8.05. The van der Waals surface area contributed by atoms with Crippen molar-refractivity contribution in [2.75, 3.05) is 45.5 Å². The van der Waals surface area contributed by atoms with Gasteiger partial charge < -0.3 is 10.2 Å². The summed E-state index contributed by atoms with van der Waals surface area (Å²) in [5, 5.41) is 3.26. The molecule has 1 aliphatic heterocycles. The quantitative estimate of drug-likeness (QED) is 0.605. The van der Waals surface area contributed by atoms with E-state index in [1.807, 2.05) is 6.26 Å². The molecule has 0 bridgehead atoms. The van der Waals surface area contributed by atoms with Crippen molar-refractivity contribution in [3.8, 4) is 0 Å². The van der Waals surface area contributed by atoms with E-state index >= 15 is 0 Å². The molecule has 17 heavy (non-hydrogen) atoms. The number of nitrogens with one attached hydrogen (secondary N) is 1. The molecule has 0 unspecified atom stereocenters. The number of rotatable bonds is 5. The second kappa shape index (κ2) is 8.29. The topological polar surface area (TPSA) is 18.5 Å². The third-order valence-corrected chi connectivity index (χ3v) is 4.40. The molecule has 0 saturated carbocycles. The largest absolute Gasteiger partial charge is 0.371 e. The molecule has 0 aromatic heterocycles. The molecule has 1 fully saturated rings. The summed E-state index contributed by atoms with van der Waals surface area (Å²) in [6, 6.07) is 0.692. The van der Waals surface area contributed by atoms with Crippen LogP contribution in [0.3, 0.4) is 0 Å². The van der Waals surface area contributed by atoms with Gasteiger partial charge in [-0.15, -0.1) is 11.8 Å². The van der Waals surface area contributed by atoms with E-state index in [9.17, 15) is 0 Å². The maximum atomic E-state index is 5.10. The van der Waals surface area contributed by atoms with Crippen LogP contribution in [0, 0.1) is 0 Å². The average molecular weight is 275 g/mol. The van der Waals surface area contributed by atoms with E-state index < -0.39 is 0 Å². The molecule has 0 aromatic rings. The monoisotopic (exact) mass is 275 g/mol. The first-order chi connectivity index (χ1) is 8.13. The van der Waals surface area contributed by atoms with Crippen molar-refractivity contribution in [2.45, 2.75) is 26.3 Å². The normalized spacial score (nSPS) is 18.6. The zero-order valence-electron chi connectivity index (χ0n) is 11.2. The fraction of sp³-hybridized carbons (Fsp3) is 0.917.